The fraction of sp³-hybridized carbons (Fsp3) is 0.444. The molecule has 1 aromatic carbocycles. The van der Waals surface area contributed by atoms with Crippen LogP contribution in [-0.4, -0.2) is 52.0 Å². The first-order valence-corrected chi connectivity index (χ1v) is 8.67. The van der Waals surface area contributed by atoms with Crippen LogP contribution < -0.4 is 5.32 Å². The number of piperidine rings is 1. The van der Waals surface area contributed by atoms with Gasteiger partial charge < -0.3 is 15.2 Å². The van der Waals surface area contributed by atoms with Crippen molar-refractivity contribution in [3.8, 4) is 0 Å². The summed E-state index contributed by atoms with van der Waals surface area (Å²) in [6.45, 7) is 2.46. The van der Waals surface area contributed by atoms with Crippen LogP contribution in [0.2, 0.25) is 0 Å². The van der Waals surface area contributed by atoms with Crippen LogP contribution in [0, 0.1) is 11.6 Å². The number of benzene rings is 1. The van der Waals surface area contributed by atoms with Gasteiger partial charge in [-0.15, -0.1) is 0 Å². The summed E-state index contributed by atoms with van der Waals surface area (Å²) in [5, 5.41) is 3.03. The number of carbonyl (C=O) groups excluding carboxylic acids is 1. The third-order valence-corrected chi connectivity index (χ3v) is 4.53. The minimum Gasteiger partial charge on any atom is -0.347 e. The molecule has 3 rings (SSSR count). The lowest BCUT2D eigenvalue weighted by Crippen LogP contribution is -2.48. The fourth-order valence-corrected chi connectivity index (χ4v) is 3.16. The maximum absolute atomic E-state index is 13.3. The molecule has 26 heavy (non-hydrogen) atoms. The molecule has 1 fully saturated rings. The first-order chi connectivity index (χ1) is 12.5. The van der Waals surface area contributed by atoms with E-state index in [-0.39, 0.29) is 12.1 Å². The smallest absolute Gasteiger partial charge is 0.317 e. The average molecular weight is 363 g/mol. The third kappa shape index (κ3) is 5.01. The van der Waals surface area contributed by atoms with Gasteiger partial charge in [-0.2, -0.15) is 0 Å². The van der Waals surface area contributed by atoms with Crippen LogP contribution in [0.15, 0.2) is 30.6 Å². The Hall–Kier alpha value is -2.48. The zero-order valence-corrected chi connectivity index (χ0v) is 14.7. The van der Waals surface area contributed by atoms with E-state index in [1.807, 2.05) is 0 Å². The van der Waals surface area contributed by atoms with E-state index < -0.39 is 11.6 Å². The summed E-state index contributed by atoms with van der Waals surface area (Å²) in [5.74, 6) is -0.372. The Morgan fingerprint density at radius 3 is 2.62 bits per heavy atom. The van der Waals surface area contributed by atoms with Gasteiger partial charge in [0.1, 0.15) is 17.5 Å². The number of rotatable bonds is 5. The van der Waals surface area contributed by atoms with Gasteiger partial charge in [-0.05, 0) is 30.5 Å². The fourth-order valence-electron chi connectivity index (χ4n) is 3.16. The zero-order chi connectivity index (χ0) is 18.5. The van der Waals surface area contributed by atoms with Crippen molar-refractivity contribution in [2.45, 2.75) is 32.0 Å². The Morgan fingerprint density at radius 2 is 2.00 bits per heavy atom. The number of hydrogen-bond donors (Lipinski definition) is 2. The van der Waals surface area contributed by atoms with Gasteiger partial charge in [-0.1, -0.05) is 0 Å². The van der Waals surface area contributed by atoms with E-state index in [1.54, 1.807) is 24.3 Å². The van der Waals surface area contributed by atoms with E-state index in [9.17, 15) is 13.6 Å². The number of likely N-dealkylation sites (tertiary alicyclic amines) is 1. The maximum Gasteiger partial charge on any atom is 0.317 e. The summed E-state index contributed by atoms with van der Waals surface area (Å²) in [6.07, 6.45) is 4.98. The molecule has 1 aromatic heterocycles. The zero-order valence-electron chi connectivity index (χ0n) is 14.7. The number of nitrogens with zero attached hydrogens (tertiary/aromatic N) is 3. The van der Waals surface area contributed by atoms with Gasteiger partial charge in [0.05, 0.1) is 6.54 Å². The molecule has 0 atom stereocenters. The van der Waals surface area contributed by atoms with E-state index in [0.717, 1.165) is 37.8 Å². The summed E-state index contributed by atoms with van der Waals surface area (Å²) >= 11 is 0. The molecule has 2 heterocycles. The molecule has 0 aliphatic carbocycles. The van der Waals surface area contributed by atoms with Crippen molar-refractivity contribution in [2.75, 3.05) is 20.1 Å². The molecule has 0 spiro atoms. The lowest BCUT2D eigenvalue weighted by atomic mass is 10.0. The van der Waals surface area contributed by atoms with Crippen LogP contribution >= 0.6 is 0 Å². The number of nitrogens with one attached hydrogen (secondary N) is 2. The number of aromatic amines is 1. The van der Waals surface area contributed by atoms with Gasteiger partial charge >= 0.3 is 6.03 Å². The first kappa shape index (κ1) is 18.3. The van der Waals surface area contributed by atoms with Crippen molar-refractivity contribution >= 4 is 6.03 Å². The van der Waals surface area contributed by atoms with E-state index in [2.05, 4.69) is 20.2 Å². The Labute approximate surface area is 151 Å². The van der Waals surface area contributed by atoms with Gasteiger partial charge in [0.15, 0.2) is 0 Å². The average Bonchev–Trinajstić information content (AvgIpc) is 3.08. The topological polar surface area (TPSA) is 64.3 Å². The molecular formula is C18H23F2N5O. The summed E-state index contributed by atoms with van der Waals surface area (Å²) < 4.78 is 26.6. The van der Waals surface area contributed by atoms with Crippen molar-refractivity contribution in [1.82, 2.24) is 25.1 Å². The molecule has 2 aromatic rings. The molecule has 8 heteroatoms. The van der Waals surface area contributed by atoms with Crippen molar-refractivity contribution in [2.24, 2.45) is 0 Å². The van der Waals surface area contributed by atoms with E-state index in [1.165, 1.54) is 12.1 Å². The molecule has 1 aliphatic rings. The van der Waals surface area contributed by atoms with Crippen LogP contribution in [0.5, 0.6) is 0 Å². The van der Waals surface area contributed by atoms with Gasteiger partial charge in [-0.25, -0.2) is 18.6 Å². The van der Waals surface area contributed by atoms with Crippen molar-refractivity contribution in [3.63, 3.8) is 0 Å². The Kier molecular flexibility index (Phi) is 5.82. The number of amides is 2. The maximum atomic E-state index is 13.3. The highest BCUT2D eigenvalue weighted by atomic mass is 19.1. The van der Waals surface area contributed by atoms with Crippen LogP contribution in [0.1, 0.15) is 24.2 Å². The van der Waals surface area contributed by atoms with Gasteiger partial charge in [0.25, 0.3) is 0 Å². The van der Waals surface area contributed by atoms with Crippen molar-refractivity contribution < 1.29 is 13.6 Å². The minimum atomic E-state index is -0.554. The molecule has 2 amide bonds. The quantitative estimate of drug-likeness (QED) is 0.858. The SMILES string of the molecule is CN(Cc1ncc[nH]1)C(=O)NC1CCN(Cc2cc(F)cc(F)c2)CC1. The number of carbonyl (C=O) groups is 1. The monoisotopic (exact) mass is 363 g/mol. The second kappa shape index (κ2) is 8.27. The molecule has 0 unspecified atom stereocenters. The summed E-state index contributed by atoms with van der Waals surface area (Å²) in [6, 6.07) is 3.57. The molecule has 1 aliphatic heterocycles. The highest BCUT2D eigenvalue weighted by Gasteiger charge is 2.22. The van der Waals surface area contributed by atoms with Gasteiger partial charge in [-0.3, -0.25) is 4.90 Å². The molecule has 1 saturated heterocycles. The second-order valence-electron chi connectivity index (χ2n) is 6.67. The normalized spacial score (nSPS) is 15.8. The number of hydrogen-bond acceptors (Lipinski definition) is 3. The highest BCUT2D eigenvalue weighted by Crippen LogP contribution is 2.16. The van der Waals surface area contributed by atoms with E-state index >= 15 is 0 Å². The van der Waals surface area contributed by atoms with Gasteiger partial charge in [0.2, 0.25) is 0 Å². The molecule has 0 bridgehead atoms. The standard InChI is InChI=1S/C18H23F2N5O/c1-24(12-17-21-4-5-22-17)18(26)23-16-2-6-25(7-3-16)11-13-8-14(19)10-15(20)9-13/h4-5,8-10,16H,2-3,6-7,11-12H2,1H3,(H,21,22)(H,23,26). The van der Waals surface area contributed by atoms with Gasteiger partial charge in [0, 0.05) is 51.2 Å². The minimum absolute atomic E-state index is 0.0991. The summed E-state index contributed by atoms with van der Waals surface area (Å²) in [4.78, 5) is 23.1. The van der Waals surface area contributed by atoms with Crippen molar-refractivity contribution in [3.05, 3.63) is 53.6 Å². The summed E-state index contributed by atoms with van der Waals surface area (Å²) in [7, 11) is 1.73. The molecule has 0 saturated carbocycles. The Bertz CT molecular complexity index is 709. The molecule has 140 valence electrons. The Balaban J connectivity index is 1.43. The molecule has 6 nitrogen and oxygen atoms in total. The van der Waals surface area contributed by atoms with E-state index in [4.69, 9.17) is 0 Å². The summed E-state index contributed by atoms with van der Waals surface area (Å²) in [5.41, 5.74) is 0.628. The van der Waals surface area contributed by atoms with E-state index in [0.29, 0.717) is 18.7 Å². The number of aromatic nitrogens is 2. The number of urea groups is 1. The first-order valence-electron chi connectivity index (χ1n) is 8.67. The predicted octanol–water partition coefficient (Wildman–Crippen LogP) is 2.49. The predicted molar refractivity (Wildman–Crippen MR) is 93.2 cm³/mol. The van der Waals surface area contributed by atoms with Crippen LogP contribution in [0.3, 0.4) is 0 Å². The second-order valence-corrected chi connectivity index (χ2v) is 6.67. The molecule has 2 N–H and O–H groups in total. The lowest BCUT2D eigenvalue weighted by molar-refractivity contribution is 0.172. The van der Waals surface area contributed by atoms with Crippen LogP contribution in [0.4, 0.5) is 13.6 Å². The number of imidazole rings is 1. The van der Waals surface area contributed by atoms with Crippen LogP contribution in [-0.2, 0) is 13.1 Å². The largest absolute Gasteiger partial charge is 0.347 e. The molecular weight excluding hydrogens is 340 g/mol. The van der Waals surface area contributed by atoms with Crippen LogP contribution in [0.25, 0.3) is 0 Å². The molecule has 0 radical (unpaired) electrons. The lowest BCUT2D eigenvalue weighted by Gasteiger charge is -2.33. The Morgan fingerprint density at radius 1 is 1.31 bits per heavy atom. The highest BCUT2D eigenvalue weighted by molar-refractivity contribution is 5.74. The number of H-pyrrole nitrogens is 1. The number of halogens is 2. The third-order valence-electron chi connectivity index (χ3n) is 4.53. The van der Waals surface area contributed by atoms with Crippen molar-refractivity contribution in [1.29, 1.82) is 0 Å².